The van der Waals surface area contributed by atoms with E-state index >= 15 is 0 Å². The molecule has 0 bridgehead atoms. The minimum Gasteiger partial charge on any atom is -0.465 e. The van der Waals surface area contributed by atoms with Crippen molar-refractivity contribution in [3.63, 3.8) is 0 Å². The molecule has 0 aliphatic rings. The van der Waals surface area contributed by atoms with E-state index in [0.29, 0.717) is 18.2 Å². The zero-order valence-electron chi connectivity index (χ0n) is 14.5. The standard InChI is InChI=1S/C16H10ClF5O8/c1-27-14(23)11-7(18)4-6(17)5-10(11)28-9-3-2-8(29-15(20,21)22)12(19)13(9)30-16(24,25)26/h2-5,24-26H,1H3. The van der Waals surface area contributed by atoms with Gasteiger partial charge in [0.15, 0.2) is 11.5 Å². The molecule has 0 spiro atoms. The molecule has 14 heteroatoms. The Kier molecular flexibility index (Phi) is 6.61. The molecule has 164 valence electrons. The van der Waals surface area contributed by atoms with Crippen LogP contribution >= 0.6 is 11.6 Å². The first kappa shape index (κ1) is 23.4. The van der Waals surface area contributed by atoms with E-state index in [4.69, 9.17) is 31.7 Å². The van der Waals surface area contributed by atoms with Gasteiger partial charge in [0.25, 0.3) is 0 Å². The summed E-state index contributed by atoms with van der Waals surface area (Å²) in [6.45, 7) is 0. The Morgan fingerprint density at radius 2 is 1.60 bits per heavy atom. The van der Waals surface area contributed by atoms with Gasteiger partial charge in [0, 0.05) is 11.1 Å². The van der Waals surface area contributed by atoms with Crippen LogP contribution in [-0.4, -0.2) is 40.9 Å². The van der Waals surface area contributed by atoms with Gasteiger partial charge >= 0.3 is 18.5 Å². The molecule has 30 heavy (non-hydrogen) atoms. The maximum Gasteiger partial charge on any atom is 0.573 e. The van der Waals surface area contributed by atoms with Gasteiger partial charge in [-0.1, -0.05) is 11.6 Å². The predicted molar refractivity (Wildman–Crippen MR) is 85.9 cm³/mol. The van der Waals surface area contributed by atoms with Crippen LogP contribution in [0.5, 0.6) is 23.0 Å². The zero-order chi connectivity index (χ0) is 22.9. The summed E-state index contributed by atoms with van der Waals surface area (Å²) in [5.41, 5.74) is -0.841. The van der Waals surface area contributed by atoms with Gasteiger partial charge in [-0.25, -0.2) is 9.18 Å². The Morgan fingerprint density at radius 1 is 1.00 bits per heavy atom. The fraction of sp³-hybridized carbons (Fsp3) is 0.188. The van der Waals surface area contributed by atoms with Gasteiger partial charge in [0.2, 0.25) is 11.6 Å². The fourth-order valence-corrected chi connectivity index (χ4v) is 2.28. The van der Waals surface area contributed by atoms with Gasteiger partial charge in [-0.05, 0) is 18.2 Å². The lowest BCUT2D eigenvalue weighted by atomic mass is 10.2. The van der Waals surface area contributed by atoms with E-state index in [0.717, 1.165) is 13.2 Å². The summed E-state index contributed by atoms with van der Waals surface area (Å²) in [6, 6.07) is 2.55. The summed E-state index contributed by atoms with van der Waals surface area (Å²) in [5.74, 6) is -9.13. The van der Waals surface area contributed by atoms with Crippen molar-refractivity contribution in [1.29, 1.82) is 0 Å². The Hall–Kier alpha value is -2.87. The van der Waals surface area contributed by atoms with Crippen molar-refractivity contribution in [2.75, 3.05) is 7.11 Å². The van der Waals surface area contributed by atoms with Crippen molar-refractivity contribution in [1.82, 2.24) is 0 Å². The molecule has 8 nitrogen and oxygen atoms in total. The summed E-state index contributed by atoms with van der Waals surface area (Å²) in [4.78, 5) is 11.8. The number of carbonyl (C=O) groups excluding carboxylic acids is 1. The quantitative estimate of drug-likeness (QED) is 0.342. The first-order valence-electron chi connectivity index (χ1n) is 7.41. The summed E-state index contributed by atoms with van der Waals surface area (Å²) in [7, 11) is 0.898. The highest BCUT2D eigenvalue weighted by atomic mass is 35.5. The number of halogens is 6. The number of hydrogen-bond acceptors (Lipinski definition) is 8. The van der Waals surface area contributed by atoms with Gasteiger partial charge in [-0.15, -0.1) is 13.2 Å². The van der Waals surface area contributed by atoms with Crippen LogP contribution in [0.1, 0.15) is 10.4 Å². The lowest BCUT2D eigenvalue weighted by Crippen LogP contribution is -2.35. The number of carbonyl (C=O) groups is 1. The smallest absolute Gasteiger partial charge is 0.465 e. The number of hydrogen-bond donors (Lipinski definition) is 3. The third-order valence-corrected chi connectivity index (χ3v) is 3.34. The molecule has 2 aromatic rings. The van der Waals surface area contributed by atoms with Gasteiger partial charge in [0.1, 0.15) is 17.1 Å². The molecule has 0 radical (unpaired) electrons. The average Bonchev–Trinajstić information content (AvgIpc) is 2.57. The SMILES string of the molecule is COC(=O)c1c(F)cc(Cl)cc1Oc1ccc(OC(F)(F)F)c(F)c1OC(O)(O)O. The highest BCUT2D eigenvalue weighted by molar-refractivity contribution is 6.30. The third kappa shape index (κ3) is 5.82. The van der Waals surface area contributed by atoms with Crippen molar-refractivity contribution in [3.05, 3.63) is 46.5 Å². The summed E-state index contributed by atoms with van der Waals surface area (Å²) < 4.78 is 82.6. The molecule has 3 N–H and O–H groups in total. The molecule has 0 unspecified atom stereocenters. The summed E-state index contributed by atoms with van der Waals surface area (Å²) >= 11 is 5.67. The van der Waals surface area contributed by atoms with E-state index in [1.165, 1.54) is 0 Å². The largest absolute Gasteiger partial charge is 0.573 e. The van der Waals surface area contributed by atoms with Gasteiger partial charge in [-0.2, -0.15) is 4.39 Å². The third-order valence-electron chi connectivity index (χ3n) is 3.12. The van der Waals surface area contributed by atoms with Crippen molar-refractivity contribution in [3.8, 4) is 23.0 Å². The fourth-order valence-electron chi connectivity index (χ4n) is 2.09. The van der Waals surface area contributed by atoms with Crippen molar-refractivity contribution in [2.45, 2.75) is 12.5 Å². The van der Waals surface area contributed by atoms with E-state index in [1.807, 2.05) is 0 Å². The van der Waals surface area contributed by atoms with Gasteiger partial charge in [-0.3, -0.25) is 0 Å². The number of aliphatic hydroxyl groups is 3. The van der Waals surface area contributed by atoms with Gasteiger partial charge in [0.05, 0.1) is 7.11 Å². The second-order valence-corrected chi connectivity index (χ2v) is 5.72. The Bertz CT molecular complexity index is 958. The number of rotatable bonds is 6. The molecule has 0 amide bonds. The van der Waals surface area contributed by atoms with Crippen LogP contribution in [0.3, 0.4) is 0 Å². The molecule has 0 saturated heterocycles. The molecule has 2 rings (SSSR count). The number of alkyl halides is 3. The highest BCUT2D eigenvalue weighted by Crippen LogP contribution is 2.42. The Morgan fingerprint density at radius 3 is 2.13 bits per heavy atom. The average molecular weight is 461 g/mol. The molecule has 0 aliphatic heterocycles. The van der Waals surface area contributed by atoms with E-state index in [2.05, 4.69) is 14.2 Å². The minimum absolute atomic E-state index is 0.309. The number of ether oxygens (including phenoxy) is 4. The Labute approximate surface area is 168 Å². The number of esters is 1. The summed E-state index contributed by atoms with van der Waals surface area (Å²) in [5, 5.41) is 26.5. The first-order valence-corrected chi connectivity index (χ1v) is 7.79. The lowest BCUT2D eigenvalue weighted by molar-refractivity contribution is -0.420. The normalized spacial score (nSPS) is 11.8. The van der Waals surface area contributed by atoms with E-state index in [1.54, 1.807) is 0 Å². The summed E-state index contributed by atoms with van der Waals surface area (Å²) in [6.07, 6.45) is -9.41. The highest BCUT2D eigenvalue weighted by Gasteiger charge is 2.35. The molecule has 0 saturated carbocycles. The van der Waals surface area contributed by atoms with Crippen LogP contribution in [0.15, 0.2) is 24.3 Å². The second kappa shape index (κ2) is 8.47. The van der Waals surface area contributed by atoms with Crippen LogP contribution in [-0.2, 0) is 4.74 Å². The molecular formula is C16H10ClF5O8. The first-order chi connectivity index (χ1) is 13.7. The lowest BCUT2D eigenvalue weighted by Gasteiger charge is -2.20. The van der Waals surface area contributed by atoms with E-state index in [9.17, 15) is 26.7 Å². The zero-order valence-corrected chi connectivity index (χ0v) is 15.2. The molecule has 0 atom stereocenters. The molecule has 0 aliphatic carbocycles. The van der Waals surface area contributed by atoms with Crippen LogP contribution in [0.2, 0.25) is 5.02 Å². The monoisotopic (exact) mass is 460 g/mol. The maximum absolute atomic E-state index is 14.4. The maximum atomic E-state index is 14.4. The molecule has 0 fully saturated rings. The van der Waals surface area contributed by atoms with Crippen molar-refractivity contribution in [2.24, 2.45) is 0 Å². The molecule has 0 aromatic heterocycles. The number of benzene rings is 2. The van der Waals surface area contributed by atoms with Crippen LogP contribution < -0.4 is 14.2 Å². The topological polar surface area (TPSA) is 115 Å². The van der Waals surface area contributed by atoms with E-state index in [-0.39, 0.29) is 5.02 Å². The molecule has 2 aromatic carbocycles. The number of methoxy groups -OCH3 is 1. The van der Waals surface area contributed by atoms with Gasteiger partial charge < -0.3 is 34.3 Å². The van der Waals surface area contributed by atoms with Crippen LogP contribution in [0.25, 0.3) is 0 Å². The second-order valence-electron chi connectivity index (χ2n) is 5.28. The molecular weight excluding hydrogens is 451 g/mol. The minimum atomic E-state index is -5.34. The Balaban J connectivity index is 2.62. The van der Waals surface area contributed by atoms with Crippen LogP contribution in [0.4, 0.5) is 22.0 Å². The van der Waals surface area contributed by atoms with Crippen molar-refractivity contribution >= 4 is 17.6 Å². The molecule has 0 heterocycles. The van der Waals surface area contributed by atoms with E-state index < -0.39 is 58.7 Å². The predicted octanol–water partition coefficient (Wildman–Crippen LogP) is 3.06. The van der Waals surface area contributed by atoms with Crippen LogP contribution in [0, 0.1) is 11.6 Å². The van der Waals surface area contributed by atoms with Crippen molar-refractivity contribution < 1.29 is 61.0 Å².